The molecule has 3 atom stereocenters. The normalized spacial score (nSPS) is 25.0. The van der Waals surface area contributed by atoms with Crippen LogP contribution in [0.3, 0.4) is 0 Å². The summed E-state index contributed by atoms with van der Waals surface area (Å²) in [5, 5.41) is 7.14. The number of aromatic nitrogens is 2. The summed E-state index contributed by atoms with van der Waals surface area (Å²) in [6.07, 6.45) is 2.99. The SMILES string of the molecule is CC(C)CCN1C(=O)NC2CC(c3nc(-c4ccccc4)no3)CCC2C1=O. The van der Waals surface area contributed by atoms with Crippen LogP contribution in [0.1, 0.15) is 51.3 Å². The molecule has 1 saturated carbocycles. The molecule has 2 heterocycles. The quantitative estimate of drug-likeness (QED) is 0.854. The molecule has 1 aliphatic carbocycles. The largest absolute Gasteiger partial charge is 0.339 e. The van der Waals surface area contributed by atoms with Crippen LogP contribution in [-0.2, 0) is 4.79 Å². The van der Waals surface area contributed by atoms with Crippen LogP contribution in [0.25, 0.3) is 11.4 Å². The van der Waals surface area contributed by atoms with Gasteiger partial charge in [0, 0.05) is 24.1 Å². The van der Waals surface area contributed by atoms with Gasteiger partial charge < -0.3 is 9.84 Å². The fourth-order valence-electron chi connectivity index (χ4n) is 4.09. The highest BCUT2D eigenvalue weighted by molar-refractivity contribution is 5.98. The van der Waals surface area contributed by atoms with Gasteiger partial charge in [-0.3, -0.25) is 9.69 Å². The van der Waals surface area contributed by atoms with E-state index in [1.165, 1.54) is 4.90 Å². The molecule has 1 N–H and O–H groups in total. The lowest BCUT2D eigenvalue weighted by atomic mass is 9.76. The highest BCUT2D eigenvalue weighted by Gasteiger charge is 2.45. The van der Waals surface area contributed by atoms with Crippen molar-refractivity contribution in [3.05, 3.63) is 36.2 Å². The summed E-state index contributed by atoms with van der Waals surface area (Å²) in [5.74, 6) is 1.47. The van der Waals surface area contributed by atoms with E-state index in [1.54, 1.807) is 0 Å². The summed E-state index contributed by atoms with van der Waals surface area (Å²) in [6, 6.07) is 9.26. The van der Waals surface area contributed by atoms with E-state index in [0.29, 0.717) is 30.6 Å². The number of carbonyl (C=O) groups is 2. The van der Waals surface area contributed by atoms with Gasteiger partial charge in [-0.2, -0.15) is 4.98 Å². The Labute approximate surface area is 164 Å². The van der Waals surface area contributed by atoms with Crippen molar-refractivity contribution < 1.29 is 14.1 Å². The van der Waals surface area contributed by atoms with Gasteiger partial charge in [-0.15, -0.1) is 0 Å². The molecule has 1 aliphatic heterocycles. The standard InChI is InChI=1S/C21H26N4O3/c1-13(2)10-11-25-20(26)16-9-8-15(12-17(16)22-21(25)27)19-23-18(24-28-19)14-6-4-3-5-7-14/h3-7,13,15-17H,8-12H2,1-2H3,(H,22,27). The van der Waals surface area contributed by atoms with E-state index < -0.39 is 0 Å². The zero-order valence-corrected chi connectivity index (χ0v) is 16.3. The molecule has 3 amide bonds. The first-order chi connectivity index (χ1) is 13.5. The molecule has 7 heteroatoms. The van der Waals surface area contributed by atoms with Crippen LogP contribution in [0.5, 0.6) is 0 Å². The van der Waals surface area contributed by atoms with E-state index in [-0.39, 0.29) is 29.8 Å². The summed E-state index contributed by atoms with van der Waals surface area (Å²) in [4.78, 5) is 31.2. The van der Waals surface area contributed by atoms with E-state index in [1.807, 2.05) is 30.3 Å². The number of nitrogens with one attached hydrogen (secondary N) is 1. The first-order valence-corrected chi connectivity index (χ1v) is 10.0. The Hall–Kier alpha value is -2.70. The summed E-state index contributed by atoms with van der Waals surface area (Å²) in [6.45, 7) is 4.67. The number of benzene rings is 1. The minimum Gasteiger partial charge on any atom is -0.339 e. The second kappa shape index (κ2) is 7.73. The van der Waals surface area contributed by atoms with Crippen molar-refractivity contribution >= 4 is 11.9 Å². The Morgan fingerprint density at radius 3 is 2.75 bits per heavy atom. The van der Waals surface area contributed by atoms with E-state index in [4.69, 9.17) is 4.52 Å². The second-order valence-corrected chi connectivity index (χ2v) is 8.17. The van der Waals surface area contributed by atoms with Gasteiger partial charge in [0.25, 0.3) is 0 Å². The highest BCUT2D eigenvalue weighted by Crippen LogP contribution is 2.38. The molecule has 4 rings (SSSR count). The van der Waals surface area contributed by atoms with Crippen molar-refractivity contribution in [3.8, 4) is 11.4 Å². The molecule has 1 saturated heterocycles. The van der Waals surface area contributed by atoms with Gasteiger partial charge >= 0.3 is 6.03 Å². The van der Waals surface area contributed by atoms with E-state index in [9.17, 15) is 9.59 Å². The molecule has 148 valence electrons. The number of hydrogen-bond donors (Lipinski definition) is 1. The Morgan fingerprint density at radius 1 is 1.21 bits per heavy atom. The van der Waals surface area contributed by atoms with E-state index >= 15 is 0 Å². The first-order valence-electron chi connectivity index (χ1n) is 10.0. The number of urea groups is 1. The van der Waals surface area contributed by atoms with Crippen molar-refractivity contribution in [1.82, 2.24) is 20.4 Å². The Kier molecular flexibility index (Phi) is 5.15. The van der Waals surface area contributed by atoms with Crippen LogP contribution in [0.4, 0.5) is 4.79 Å². The van der Waals surface area contributed by atoms with Crippen LogP contribution in [0.15, 0.2) is 34.9 Å². The lowest BCUT2D eigenvalue weighted by molar-refractivity contribution is -0.136. The van der Waals surface area contributed by atoms with Gasteiger partial charge in [-0.25, -0.2) is 4.79 Å². The smallest absolute Gasteiger partial charge is 0.324 e. The van der Waals surface area contributed by atoms with Gasteiger partial charge in [0.15, 0.2) is 0 Å². The monoisotopic (exact) mass is 382 g/mol. The molecule has 0 radical (unpaired) electrons. The van der Waals surface area contributed by atoms with Gasteiger partial charge in [-0.1, -0.05) is 49.3 Å². The lowest BCUT2D eigenvalue weighted by Crippen LogP contribution is -2.61. The average molecular weight is 382 g/mol. The van der Waals surface area contributed by atoms with Crippen LogP contribution in [0, 0.1) is 11.8 Å². The lowest BCUT2D eigenvalue weighted by Gasteiger charge is -2.41. The van der Waals surface area contributed by atoms with Gasteiger partial charge in [0.1, 0.15) is 0 Å². The molecule has 2 fully saturated rings. The van der Waals surface area contributed by atoms with Crippen molar-refractivity contribution in [2.24, 2.45) is 11.8 Å². The Bertz CT molecular complexity index is 848. The number of rotatable bonds is 5. The topological polar surface area (TPSA) is 88.3 Å². The van der Waals surface area contributed by atoms with Crippen LogP contribution in [0.2, 0.25) is 0 Å². The number of imide groups is 1. The van der Waals surface area contributed by atoms with Gasteiger partial charge in [0.2, 0.25) is 17.6 Å². The van der Waals surface area contributed by atoms with Gasteiger partial charge in [0.05, 0.1) is 5.92 Å². The number of carbonyl (C=O) groups excluding carboxylic acids is 2. The second-order valence-electron chi connectivity index (χ2n) is 8.17. The minimum absolute atomic E-state index is 0.0386. The number of hydrogen-bond acceptors (Lipinski definition) is 5. The highest BCUT2D eigenvalue weighted by atomic mass is 16.5. The minimum atomic E-state index is -0.275. The first kappa shape index (κ1) is 18.7. The van der Waals surface area contributed by atoms with Crippen LogP contribution in [-0.4, -0.2) is 39.6 Å². The zero-order chi connectivity index (χ0) is 19.7. The Balaban J connectivity index is 1.44. The number of amides is 3. The summed E-state index contributed by atoms with van der Waals surface area (Å²) in [7, 11) is 0. The number of nitrogens with zero attached hydrogens (tertiary/aromatic N) is 3. The van der Waals surface area contributed by atoms with Crippen molar-refractivity contribution in [1.29, 1.82) is 0 Å². The summed E-state index contributed by atoms with van der Waals surface area (Å²) < 4.78 is 5.51. The van der Waals surface area contributed by atoms with E-state index in [0.717, 1.165) is 24.8 Å². The number of fused-ring (bicyclic) bond motifs is 1. The molecule has 2 aromatic rings. The third kappa shape index (κ3) is 3.66. The zero-order valence-electron chi connectivity index (χ0n) is 16.3. The third-order valence-corrected chi connectivity index (χ3v) is 5.74. The third-order valence-electron chi connectivity index (χ3n) is 5.74. The molecule has 2 aliphatic rings. The summed E-state index contributed by atoms with van der Waals surface area (Å²) in [5.41, 5.74) is 0.910. The molecule has 0 spiro atoms. The molecule has 0 bridgehead atoms. The van der Waals surface area contributed by atoms with E-state index in [2.05, 4.69) is 29.3 Å². The molecule has 28 heavy (non-hydrogen) atoms. The predicted octanol–water partition coefficient (Wildman–Crippen LogP) is 3.59. The summed E-state index contributed by atoms with van der Waals surface area (Å²) >= 11 is 0. The molecule has 1 aromatic heterocycles. The maximum Gasteiger partial charge on any atom is 0.324 e. The molecular formula is C21H26N4O3. The molecule has 3 unspecified atom stereocenters. The average Bonchev–Trinajstić information content (AvgIpc) is 3.18. The van der Waals surface area contributed by atoms with Crippen molar-refractivity contribution in [2.45, 2.75) is 51.5 Å². The van der Waals surface area contributed by atoms with Crippen molar-refractivity contribution in [2.75, 3.05) is 6.54 Å². The molecular weight excluding hydrogens is 356 g/mol. The fourth-order valence-corrected chi connectivity index (χ4v) is 4.09. The predicted molar refractivity (Wildman–Crippen MR) is 103 cm³/mol. The molecule has 1 aromatic carbocycles. The Morgan fingerprint density at radius 2 is 2.00 bits per heavy atom. The van der Waals surface area contributed by atoms with Crippen molar-refractivity contribution in [3.63, 3.8) is 0 Å². The van der Waals surface area contributed by atoms with Gasteiger partial charge in [-0.05, 0) is 31.6 Å². The molecule has 7 nitrogen and oxygen atoms in total. The van der Waals surface area contributed by atoms with Crippen LogP contribution >= 0.6 is 0 Å². The maximum atomic E-state index is 12.8. The fraction of sp³-hybridized carbons (Fsp3) is 0.524. The maximum absolute atomic E-state index is 12.8. The van der Waals surface area contributed by atoms with Crippen LogP contribution < -0.4 is 5.32 Å².